The fraction of sp³-hybridized carbons (Fsp3) is 0.529. The molecule has 0 aliphatic rings. The molecule has 0 saturated carbocycles. The summed E-state index contributed by atoms with van der Waals surface area (Å²) >= 11 is 0. The van der Waals surface area contributed by atoms with Crippen LogP contribution in [-0.2, 0) is 26.7 Å². The highest BCUT2D eigenvalue weighted by atomic mass is 31.1. The van der Waals surface area contributed by atoms with Crippen LogP contribution in [0.1, 0.15) is 64.5 Å². The molecule has 2 atom stereocenters. The standard InChI is InChI=1S/C34H52N2O5P/c1-7-23-35(25-29-19-15-13-16-20-29)33(9-3,10-4)31(37)27-40-42(39)41-28-32(38)34(11-5,12-6)36(24-8-2)26-30-21-17-14-18-22-30/h7-8,13-22,31-32,37-38H,1-2,9-12,23-28H2,3-6H3/q+1. The van der Waals surface area contributed by atoms with Crippen LogP contribution < -0.4 is 0 Å². The lowest BCUT2D eigenvalue weighted by molar-refractivity contribution is -0.0664. The Bertz CT molecular complexity index is 977. The van der Waals surface area contributed by atoms with Crippen LogP contribution in [-0.4, -0.2) is 69.6 Å². The van der Waals surface area contributed by atoms with Crippen molar-refractivity contribution in [3.8, 4) is 0 Å². The molecular weight excluding hydrogens is 547 g/mol. The Morgan fingerprint density at radius 3 is 1.33 bits per heavy atom. The Hall–Kier alpha value is -2.22. The van der Waals surface area contributed by atoms with Gasteiger partial charge in [-0.25, -0.2) is 0 Å². The van der Waals surface area contributed by atoms with Crippen LogP contribution in [0.15, 0.2) is 86.0 Å². The molecule has 8 heteroatoms. The van der Waals surface area contributed by atoms with E-state index >= 15 is 0 Å². The Labute approximate surface area is 254 Å². The number of hydrogen-bond donors (Lipinski definition) is 2. The van der Waals surface area contributed by atoms with Gasteiger partial charge in [0.05, 0.1) is 0 Å². The van der Waals surface area contributed by atoms with Crippen molar-refractivity contribution in [1.82, 2.24) is 9.80 Å². The first kappa shape index (κ1) is 36.0. The number of aliphatic hydroxyl groups is 2. The summed E-state index contributed by atoms with van der Waals surface area (Å²) < 4.78 is 24.0. The summed E-state index contributed by atoms with van der Waals surface area (Å²) in [6.07, 6.45) is 4.52. The number of rotatable bonds is 22. The normalized spacial score (nSPS) is 14.1. The van der Waals surface area contributed by atoms with Crippen LogP contribution >= 0.6 is 8.25 Å². The monoisotopic (exact) mass is 599 g/mol. The molecule has 7 nitrogen and oxygen atoms in total. The van der Waals surface area contributed by atoms with Gasteiger partial charge in [0.1, 0.15) is 25.4 Å². The highest BCUT2D eigenvalue weighted by Gasteiger charge is 2.44. The summed E-state index contributed by atoms with van der Waals surface area (Å²) in [7, 11) is -2.56. The molecule has 0 aliphatic carbocycles. The van der Waals surface area contributed by atoms with Gasteiger partial charge in [-0.3, -0.25) is 9.80 Å². The van der Waals surface area contributed by atoms with Gasteiger partial charge in [0.2, 0.25) is 0 Å². The summed E-state index contributed by atoms with van der Waals surface area (Å²) in [4.78, 5) is 4.41. The minimum atomic E-state index is -2.56. The minimum Gasteiger partial charge on any atom is -0.389 e. The van der Waals surface area contributed by atoms with E-state index in [1.165, 1.54) is 0 Å². The van der Waals surface area contributed by atoms with Crippen molar-refractivity contribution in [2.24, 2.45) is 0 Å². The fourth-order valence-corrected chi connectivity index (χ4v) is 6.70. The van der Waals surface area contributed by atoms with Crippen LogP contribution in [0.5, 0.6) is 0 Å². The van der Waals surface area contributed by atoms with Crippen molar-refractivity contribution in [2.75, 3.05) is 26.3 Å². The van der Waals surface area contributed by atoms with Gasteiger partial charge in [0.15, 0.2) is 0 Å². The largest absolute Gasteiger partial charge is 0.697 e. The third kappa shape index (κ3) is 9.39. The lowest BCUT2D eigenvalue weighted by Crippen LogP contribution is -2.57. The Kier molecular flexibility index (Phi) is 15.8. The number of benzene rings is 2. The van der Waals surface area contributed by atoms with Crippen LogP contribution in [0.4, 0.5) is 0 Å². The minimum absolute atomic E-state index is 0.154. The second kappa shape index (κ2) is 18.4. The average Bonchev–Trinajstić information content (AvgIpc) is 3.02. The molecule has 0 saturated heterocycles. The molecule has 2 N–H and O–H groups in total. The van der Waals surface area contributed by atoms with E-state index in [4.69, 9.17) is 9.05 Å². The number of aliphatic hydroxyl groups excluding tert-OH is 2. The highest BCUT2D eigenvalue weighted by molar-refractivity contribution is 7.33. The second-order valence-electron chi connectivity index (χ2n) is 10.8. The zero-order valence-corrected chi connectivity index (χ0v) is 26.9. The van der Waals surface area contributed by atoms with Crippen molar-refractivity contribution < 1.29 is 23.8 Å². The molecule has 42 heavy (non-hydrogen) atoms. The van der Waals surface area contributed by atoms with E-state index < -0.39 is 31.5 Å². The molecular formula is C34H52N2O5P+. The van der Waals surface area contributed by atoms with Gasteiger partial charge in [-0.15, -0.1) is 22.2 Å². The smallest absolute Gasteiger partial charge is 0.389 e. The molecule has 0 spiro atoms. The van der Waals surface area contributed by atoms with Gasteiger partial charge < -0.3 is 10.2 Å². The van der Waals surface area contributed by atoms with Crippen molar-refractivity contribution in [2.45, 2.75) is 89.8 Å². The average molecular weight is 600 g/mol. The number of hydrogen-bond acceptors (Lipinski definition) is 7. The van der Waals surface area contributed by atoms with Gasteiger partial charge in [-0.1, -0.05) is 101 Å². The van der Waals surface area contributed by atoms with Crippen LogP contribution in [0, 0.1) is 0 Å². The van der Waals surface area contributed by atoms with E-state index in [0.717, 1.165) is 11.1 Å². The first-order chi connectivity index (χ1) is 20.3. The summed E-state index contributed by atoms with van der Waals surface area (Å²) in [5, 5.41) is 22.8. The number of nitrogens with zero attached hydrogens (tertiary/aromatic N) is 2. The Morgan fingerprint density at radius 1 is 0.714 bits per heavy atom. The van der Waals surface area contributed by atoms with Crippen molar-refractivity contribution in [1.29, 1.82) is 0 Å². The van der Waals surface area contributed by atoms with Gasteiger partial charge in [-0.05, 0) is 36.8 Å². The lowest BCUT2D eigenvalue weighted by Gasteiger charge is -2.45. The van der Waals surface area contributed by atoms with E-state index in [0.29, 0.717) is 51.9 Å². The second-order valence-corrected chi connectivity index (χ2v) is 11.7. The molecule has 0 heterocycles. The molecule has 2 rings (SSSR count). The lowest BCUT2D eigenvalue weighted by atomic mass is 9.84. The van der Waals surface area contributed by atoms with Crippen LogP contribution in [0.2, 0.25) is 0 Å². The summed E-state index contributed by atoms with van der Waals surface area (Å²) in [5.74, 6) is 0. The fourth-order valence-electron chi connectivity index (χ4n) is 6.10. The molecule has 2 aromatic rings. The third-order valence-electron chi connectivity index (χ3n) is 8.76. The van der Waals surface area contributed by atoms with Crippen LogP contribution in [0.25, 0.3) is 0 Å². The van der Waals surface area contributed by atoms with Gasteiger partial charge in [0, 0.05) is 41.8 Å². The van der Waals surface area contributed by atoms with Gasteiger partial charge in [-0.2, -0.15) is 0 Å². The highest BCUT2D eigenvalue weighted by Crippen LogP contribution is 2.35. The SMILES string of the molecule is C=CCN(Cc1ccccc1)C(CC)(CC)C(O)CO[P+](=O)OCC(O)C(CC)(CC)N(CC=C)Cc1ccccc1. The quantitative estimate of drug-likeness (QED) is 0.113. The molecule has 0 fully saturated rings. The molecule has 0 aliphatic heterocycles. The van der Waals surface area contributed by atoms with E-state index in [9.17, 15) is 14.8 Å². The van der Waals surface area contributed by atoms with E-state index in [1.807, 2.05) is 76.2 Å². The molecule has 2 unspecified atom stereocenters. The maximum atomic E-state index is 12.9. The summed E-state index contributed by atoms with van der Waals surface area (Å²) in [6, 6.07) is 20.2. The maximum absolute atomic E-state index is 12.9. The third-order valence-corrected chi connectivity index (χ3v) is 9.48. The predicted molar refractivity (Wildman–Crippen MR) is 172 cm³/mol. The van der Waals surface area contributed by atoms with E-state index in [1.54, 1.807) is 0 Å². The summed E-state index contributed by atoms with van der Waals surface area (Å²) in [6.45, 7) is 18.2. The summed E-state index contributed by atoms with van der Waals surface area (Å²) in [5.41, 5.74) is 1.05. The molecule has 232 valence electrons. The Morgan fingerprint density at radius 2 is 1.05 bits per heavy atom. The first-order valence-corrected chi connectivity index (χ1v) is 16.2. The first-order valence-electron chi connectivity index (χ1n) is 15.2. The predicted octanol–water partition coefficient (Wildman–Crippen LogP) is 6.89. The van der Waals surface area contributed by atoms with Crippen molar-refractivity contribution in [3.63, 3.8) is 0 Å². The van der Waals surface area contributed by atoms with E-state index in [2.05, 4.69) is 47.2 Å². The van der Waals surface area contributed by atoms with Crippen molar-refractivity contribution in [3.05, 3.63) is 97.1 Å². The van der Waals surface area contributed by atoms with Crippen LogP contribution in [0.3, 0.4) is 0 Å². The molecule has 2 aromatic carbocycles. The van der Waals surface area contributed by atoms with Crippen molar-refractivity contribution >= 4 is 8.25 Å². The van der Waals surface area contributed by atoms with Gasteiger partial charge >= 0.3 is 8.25 Å². The molecule has 0 amide bonds. The molecule has 0 radical (unpaired) electrons. The zero-order valence-electron chi connectivity index (χ0n) is 26.0. The molecule has 0 bridgehead atoms. The topological polar surface area (TPSA) is 82.5 Å². The van der Waals surface area contributed by atoms with E-state index in [-0.39, 0.29) is 13.2 Å². The molecule has 0 aromatic heterocycles. The van der Waals surface area contributed by atoms with Gasteiger partial charge in [0.25, 0.3) is 0 Å². The zero-order chi connectivity index (χ0) is 31.0. The Balaban J connectivity index is 2.08. The maximum Gasteiger partial charge on any atom is 0.697 e.